The first-order valence-corrected chi connectivity index (χ1v) is 6.21. The number of aromatic nitrogens is 1. The molecule has 0 bridgehead atoms. The van der Waals surface area contributed by atoms with Gasteiger partial charge >= 0.3 is 0 Å². The molecule has 2 rings (SSSR count). The summed E-state index contributed by atoms with van der Waals surface area (Å²) in [5.41, 5.74) is 7.67. The zero-order valence-corrected chi connectivity index (χ0v) is 11.3. The van der Waals surface area contributed by atoms with E-state index in [1.165, 1.54) is 0 Å². The highest BCUT2D eigenvalue weighted by Crippen LogP contribution is 2.36. The van der Waals surface area contributed by atoms with Crippen molar-refractivity contribution in [2.24, 2.45) is 0 Å². The minimum atomic E-state index is 0.509. The Labute approximate surface area is 115 Å². The maximum absolute atomic E-state index is 6.20. The number of rotatable bonds is 3. The third kappa shape index (κ3) is 2.68. The van der Waals surface area contributed by atoms with Crippen molar-refractivity contribution in [3.05, 3.63) is 40.5 Å². The fourth-order valence-corrected chi connectivity index (χ4v) is 2.02. The number of nitrogen functional groups attached to an aromatic ring is 1. The summed E-state index contributed by atoms with van der Waals surface area (Å²) < 4.78 is 5.37. The maximum Gasteiger partial charge on any atom is 0.139 e. The molecule has 3 nitrogen and oxygen atoms in total. The van der Waals surface area contributed by atoms with E-state index in [2.05, 4.69) is 4.98 Å². The molecule has 0 aliphatic heterocycles. The Kier molecular flexibility index (Phi) is 3.94. The topological polar surface area (TPSA) is 48.1 Å². The first-order chi connectivity index (χ1) is 8.61. The van der Waals surface area contributed by atoms with Crippen molar-refractivity contribution in [3.8, 4) is 17.0 Å². The number of pyridine rings is 1. The van der Waals surface area contributed by atoms with Crippen LogP contribution < -0.4 is 10.5 Å². The van der Waals surface area contributed by atoms with Gasteiger partial charge in [-0.2, -0.15) is 0 Å². The average Bonchev–Trinajstić information content (AvgIpc) is 2.35. The van der Waals surface area contributed by atoms with E-state index in [1.807, 2.05) is 6.92 Å². The van der Waals surface area contributed by atoms with E-state index in [4.69, 9.17) is 33.7 Å². The predicted molar refractivity (Wildman–Crippen MR) is 75.3 cm³/mol. The minimum Gasteiger partial charge on any atom is -0.492 e. The van der Waals surface area contributed by atoms with Crippen LogP contribution in [0, 0.1) is 0 Å². The molecule has 5 heteroatoms. The number of halogens is 2. The fraction of sp³-hybridized carbons (Fsp3) is 0.154. The van der Waals surface area contributed by atoms with Crippen LogP contribution in [0.4, 0.5) is 5.69 Å². The lowest BCUT2D eigenvalue weighted by molar-refractivity contribution is 0.340. The van der Waals surface area contributed by atoms with Crippen molar-refractivity contribution in [1.29, 1.82) is 0 Å². The molecule has 0 aliphatic carbocycles. The second-order valence-electron chi connectivity index (χ2n) is 3.67. The molecule has 18 heavy (non-hydrogen) atoms. The normalized spacial score (nSPS) is 10.4. The van der Waals surface area contributed by atoms with Crippen molar-refractivity contribution in [3.63, 3.8) is 0 Å². The number of nitrogens with two attached hydrogens (primary N) is 1. The van der Waals surface area contributed by atoms with Crippen molar-refractivity contribution in [2.75, 3.05) is 12.3 Å². The first kappa shape index (κ1) is 13.0. The minimum absolute atomic E-state index is 0.509. The van der Waals surface area contributed by atoms with Gasteiger partial charge in [0.2, 0.25) is 0 Å². The van der Waals surface area contributed by atoms with E-state index in [-0.39, 0.29) is 0 Å². The monoisotopic (exact) mass is 282 g/mol. The molecular weight excluding hydrogens is 271 g/mol. The lowest BCUT2D eigenvalue weighted by Gasteiger charge is -2.10. The lowest BCUT2D eigenvalue weighted by atomic mass is 10.1. The van der Waals surface area contributed by atoms with Crippen molar-refractivity contribution in [1.82, 2.24) is 4.98 Å². The molecule has 1 aromatic heterocycles. The summed E-state index contributed by atoms with van der Waals surface area (Å²) in [6.45, 7) is 2.43. The Bertz CT molecular complexity index is 556. The van der Waals surface area contributed by atoms with Crippen LogP contribution in [0.25, 0.3) is 11.3 Å². The standard InChI is InChI=1S/C13H12Cl2N2O/c1-2-18-13-6-10(14)9(5-11(13)15)12-4-3-8(16)7-17-12/h3-7H,2,16H2,1H3. The summed E-state index contributed by atoms with van der Waals surface area (Å²) in [6, 6.07) is 7.00. The molecule has 0 saturated carbocycles. The summed E-state index contributed by atoms with van der Waals surface area (Å²) in [5, 5.41) is 1.05. The van der Waals surface area contributed by atoms with Gasteiger partial charge in [0.15, 0.2) is 0 Å². The van der Waals surface area contributed by atoms with Crippen molar-refractivity contribution < 1.29 is 4.74 Å². The molecule has 0 amide bonds. The summed E-state index contributed by atoms with van der Waals surface area (Å²) >= 11 is 12.3. The van der Waals surface area contributed by atoms with Crippen LogP contribution in [-0.4, -0.2) is 11.6 Å². The van der Waals surface area contributed by atoms with E-state index in [0.29, 0.717) is 28.1 Å². The number of benzene rings is 1. The fourth-order valence-electron chi connectivity index (χ4n) is 1.56. The van der Waals surface area contributed by atoms with Crippen LogP contribution in [0.3, 0.4) is 0 Å². The molecule has 0 atom stereocenters. The Balaban J connectivity index is 2.45. The molecule has 0 radical (unpaired) electrons. The highest BCUT2D eigenvalue weighted by Gasteiger charge is 2.10. The summed E-state index contributed by atoms with van der Waals surface area (Å²) in [4.78, 5) is 4.22. The van der Waals surface area contributed by atoms with Gasteiger partial charge < -0.3 is 10.5 Å². The van der Waals surface area contributed by atoms with Crippen LogP contribution in [0.2, 0.25) is 10.0 Å². The third-order valence-corrected chi connectivity index (χ3v) is 2.99. The molecule has 0 saturated heterocycles. The van der Waals surface area contributed by atoms with Crippen LogP contribution in [0.1, 0.15) is 6.92 Å². The molecular formula is C13H12Cl2N2O. The van der Waals surface area contributed by atoms with Gasteiger partial charge in [-0.1, -0.05) is 23.2 Å². The Morgan fingerprint density at radius 1 is 1.22 bits per heavy atom. The number of hydrogen-bond acceptors (Lipinski definition) is 3. The SMILES string of the molecule is CCOc1cc(Cl)c(-c2ccc(N)cn2)cc1Cl. The van der Waals surface area contributed by atoms with Crippen LogP contribution in [-0.2, 0) is 0 Å². The number of anilines is 1. The second-order valence-corrected chi connectivity index (χ2v) is 4.49. The zero-order chi connectivity index (χ0) is 13.1. The van der Waals surface area contributed by atoms with Gasteiger partial charge in [0.25, 0.3) is 0 Å². The summed E-state index contributed by atoms with van der Waals surface area (Å²) in [5.74, 6) is 0.573. The molecule has 0 fully saturated rings. The van der Waals surface area contributed by atoms with Gasteiger partial charge in [-0.3, -0.25) is 4.98 Å². The molecule has 2 aromatic rings. The lowest BCUT2D eigenvalue weighted by Crippen LogP contribution is -1.94. The molecule has 0 spiro atoms. The molecule has 0 unspecified atom stereocenters. The van der Waals surface area contributed by atoms with Gasteiger partial charge in [0, 0.05) is 11.6 Å². The van der Waals surface area contributed by atoms with Crippen LogP contribution >= 0.6 is 23.2 Å². The number of hydrogen-bond donors (Lipinski definition) is 1. The molecule has 1 aromatic carbocycles. The highest BCUT2D eigenvalue weighted by atomic mass is 35.5. The average molecular weight is 283 g/mol. The summed E-state index contributed by atoms with van der Waals surface area (Å²) in [6.07, 6.45) is 1.58. The quantitative estimate of drug-likeness (QED) is 0.924. The smallest absolute Gasteiger partial charge is 0.139 e. The molecule has 94 valence electrons. The van der Waals surface area contributed by atoms with E-state index in [1.54, 1.807) is 30.5 Å². The third-order valence-electron chi connectivity index (χ3n) is 2.38. The second kappa shape index (κ2) is 5.46. The molecule has 1 heterocycles. The van der Waals surface area contributed by atoms with Crippen LogP contribution in [0.5, 0.6) is 5.75 Å². The Hall–Kier alpha value is -1.45. The summed E-state index contributed by atoms with van der Waals surface area (Å²) in [7, 11) is 0. The van der Waals surface area contributed by atoms with Gasteiger partial charge in [-0.15, -0.1) is 0 Å². The Morgan fingerprint density at radius 3 is 2.61 bits per heavy atom. The molecule has 2 N–H and O–H groups in total. The van der Waals surface area contributed by atoms with E-state index < -0.39 is 0 Å². The number of nitrogens with zero attached hydrogens (tertiary/aromatic N) is 1. The van der Waals surface area contributed by atoms with Gasteiger partial charge in [0.05, 0.1) is 34.2 Å². The number of ether oxygens (including phenoxy) is 1. The maximum atomic E-state index is 6.20. The van der Waals surface area contributed by atoms with Crippen molar-refractivity contribution >= 4 is 28.9 Å². The van der Waals surface area contributed by atoms with E-state index in [9.17, 15) is 0 Å². The zero-order valence-electron chi connectivity index (χ0n) is 9.78. The van der Waals surface area contributed by atoms with Gasteiger partial charge in [0.1, 0.15) is 5.75 Å². The first-order valence-electron chi connectivity index (χ1n) is 5.45. The van der Waals surface area contributed by atoms with Gasteiger partial charge in [-0.05, 0) is 25.1 Å². The van der Waals surface area contributed by atoms with E-state index >= 15 is 0 Å². The predicted octanol–water partition coefficient (Wildman–Crippen LogP) is 4.04. The largest absolute Gasteiger partial charge is 0.492 e. The highest BCUT2D eigenvalue weighted by molar-refractivity contribution is 6.36. The van der Waals surface area contributed by atoms with E-state index in [0.717, 1.165) is 11.3 Å². The molecule has 0 aliphatic rings. The Morgan fingerprint density at radius 2 is 2.00 bits per heavy atom. The van der Waals surface area contributed by atoms with Gasteiger partial charge in [-0.25, -0.2) is 0 Å². The van der Waals surface area contributed by atoms with Crippen LogP contribution in [0.15, 0.2) is 30.5 Å². The van der Waals surface area contributed by atoms with Crippen molar-refractivity contribution in [2.45, 2.75) is 6.92 Å².